The van der Waals surface area contributed by atoms with Crippen LogP contribution in [-0.2, 0) is 9.92 Å². The first kappa shape index (κ1) is 16.5. The Morgan fingerprint density at radius 3 is 2.86 bits per heavy atom. The van der Waals surface area contributed by atoms with E-state index in [1.165, 1.54) is 34.7 Å². The second kappa shape index (κ2) is 5.12. The molecule has 3 aliphatic rings. The van der Waals surface area contributed by atoms with Crippen molar-refractivity contribution >= 4 is 26.6 Å². The van der Waals surface area contributed by atoms with Gasteiger partial charge in [-0.05, 0) is 49.6 Å². The van der Waals surface area contributed by atoms with E-state index in [-0.39, 0.29) is 4.90 Å². The van der Waals surface area contributed by atoms with Crippen LogP contribution in [0.3, 0.4) is 0 Å². The molecule has 4 atom stereocenters. The van der Waals surface area contributed by atoms with E-state index in [0.29, 0.717) is 28.8 Å². The van der Waals surface area contributed by atoms with Crippen molar-refractivity contribution in [3.63, 3.8) is 0 Å². The third-order valence-corrected chi connectivity index (χ3v) is 8.49. The van der Waals surface area contributed by atoms with Gasteiger partial charge in [-0.15, -0.1) is 0 Å². The zero-order valence-electron chi connectivity index (χ0n) is 15.4. The molecule has 1 saturated carbocycles. The lowest BCUT2D eigenvalue weighted by Crippen LogP contribution is -2.64. The van der Waals surface area contributed by atoms with Crippen molar-refractivity contribution in [3.8, 4) is 0 Å². The largest absolute Gasteiger partial charge is 0.363 e. The number of anilines is 1. The van der Waals surface area contributed by atoms with Gasteiger partial charge < -0.3 is 10.2 Å². The fraction of sp³-hybridized carbons (Fsp3) is 0.350. The molecule has 2 aliphatic heterocycles. The lowest BCUT2D eigenvalue weighted by atomic mass is 9.97. The first-order chi connectivity index (χ1) is 13.4. The third-order valence-electron chi connectivity index (χ3n) is 6.63. The molecule has 3 unspecified atom stereocenters. The van der Waals surface area contributed by atoms with E-state index < -0.39 is 15.7 Å². The molecular weight excluding hydrogens is 377 g/mol. The number of aryl methyl sites for hydroxylation is 1. The number of halogens is 1. The van der Waals surface area contributed by atoms with Gasteiger partial charge in [0.15, 0.2) is 9.92 Å². The number of nitrogens with one attached hydrogen (secondary N) is 2. The van der Waals surface area contributed by atoms with Gasteiger partial charge in [0, 0.05) is 18.6 Å². The Morgan fingerprint density at radius 2 is 2.14 bits per heavy atom. The summed E-state index contributed by atoms with van der Waals surface area (Å²) < 4.78 is 37.2. The smallest absolute Gasteiger partial charge is 0.164 e. The molecule has 3 heterocycles. The molecule has 144 valence electrons. The molecule has 3 fully saturated rings. The fourth-order valence-electron chi connectivity index (χ4n) is 5.16. The SMILES string of the molecule is Cc1nc2c(N3CC4CC45NC[C@@H]35)cccc2n1S(=N)(=O)c1cccc(F)c1. The fourth-order valence-corrected chi connectivity index (χ4v) is 6.74. The van der Waals surface area contributed by atoms with Gasteiger partial charge in [-0.25, -0.2) is 22.3 Å². The Labute approximate surface area is 162 Å². The van der Waals surface area contributed by atoms with Gasteiger partial charge in [0.25, 0.3) is 0 Å². The summed E-state index contributed by atoms with van der Waals surface area (Å²) in [5.41, 5.74) is 2.75. The molecular formula is C20H20FN5OS. The van der Waals surface area contributed by atoms with Crippen LogP contribution in [0.2, 0.25) is 0 Å². The lowest BCUT2D eigenvalue weighted by Gasteiger charge is -2.42. The van der Waals surface area contributed by atoms with Crippen LogP contribution in [0.4, 0.5) is 10.1 Å². The summed E-state index contributed by atoms with van der Waals surface area (Å²) in [6, 6.07) is 11.8. The number of para-hydroxylation sites is 1. The lowest BCUT2D eigenvalue weighted by molar-refractivity contribution is 0.300. The molecule has 0 amide bonds. The monoisotopic (exact) mass is 397 g/mol. The number of imidazole rings is 1. The summed E-state index contributed by atoms with van der Waals surface area (Å²) in [6.07, 6.45) is 1.25. The molecule has 2 aromatic carbocycles. The van der Waals surface area contributed by atoms with Crippen LogP contribution in [-0.4, -0.2) is 37.8 Å². The van der Waals surface area contributed by atoms with E-state index in [1.54, 1.807) is 6.92 Å². The van der Waals surface area contributed by atoms with Crippen LogP contribution in [0.5, 0.6) is 0 Å². The van der Waals surface area contributed by atoms with Crippen LogP contribution in [0, 0.1) is 23.4 Å². The quantitative estimate of drug-likeness (QED) is 0.713. The summed E-state index contributed by atoms with van der Waals surface area (Å²) in [4.78, 5) is 7.26. The number of hydrogen-bond acceptors (Lipinski definition) is 5. The Balaban J connectivity index is 1.51. The van der Waals surface area contributed by atoms with E-state index in [1.807, 2.05) is 12.1 Å². The second-order valence-electron chi connectivity index (χ2n) is 8.07. The Hall–Kier alpha value is -2.45. The first-order valence-electron chi connectivity index (χ1n) is 9.46. The van der Waals surface area contributed by atoms with Crippen molar-refractivity contribution in [2.45, 2.75) is 29.8 Å². The van der Waals surface area contributed by atoms with Crippen molar-refractivity contribution in [1.29, 1.82) is 4.78 Å². The molecule has 0 radical (unpaired) electrons. The molecule has 3 aromatic rings. The predicted octanol–water partition coefficient (Wildman–Crippen LogP) is 2.90. The van der Waals surface area contributed by atoms with Crippen molar-refractivity contribution in [1.82, 2.24) is 14.3 Å². The van der Waals surface area contributed by atoms with Gasteiger partial charge in [-0.1, -0.05) is 12.1 Å². The van der Waals surface area contributed by atoms with E-state index in [0.717, 1.165) is 24.3 Å². The van der Waals surface area contributed by atoms with Crippen molar-refractivity contribution in [2.24, 2.45) is 5.92 Å². The highest BCUT2D eigenvalue weighted by molar-refractivity contribution is 7.91. The van der Waals surface area contributed by atoms with E-state index in [2.05, 4.69) is 16.3 Å². The average molecular weight is 397 g/mol. The van der Waals surface area contributed by atoms with Crippen molar-refractivity contribution < 1.29 is 8.60 Å². The molecule has 1 aromatic heterocycles. The first-order valence-corrected chi connectivity index (χ1v) is 11.0. The number of aromatic nitrogens is 2. The number of piperidine rings is 1. The van der Waals surface area contributed by atoms with Gasteiger partial charge >= 0.3 is 0 Å². The van der Waals surface area contributed by atoms with Gasteiger partial charge in [-0.2, -0.15) is 0 Å². The maximum Gasteiger partial charge on any atom is 0.164 e. The van der Waals surface area contributed by atoms with E-state index in [4.69, 9.17) is 9.76 Å². The zero-order chi connectivity index (χ0) is 19.3. The van der Waals surface area contributed by atoms with Gasteiger partial charge in [-0.3, -0.25) is 0 Å². The molecule has 2 saturated heterocycles. The maximum atomic E-state index is 13.7. The Morgan fingerprint density at radius 1 is 1.32 bits per heavy atom. The Bertz CT molecular complexity index is 1250. The highest BCUT2D eigenvalue weighted by Gasteiger charge is 2.70. The molecule has 6 rings (SSSR count). The highest BCUT2D eigenvalue weighted by atomic mass is 32.2. The number of fused-ring (bicyclic) bond motifs is 1. The van der Waals surface area contributed by atoms with E-state index >= 15 is 0 Å². The molecule has 28 heavy (non-hydrogen) atoms. The van der Waals surface area contributed by atoms with Gasteiger partial charge in [0.2, 0.25) is 0 Å². The number of hydrogen-bond donors (Lipinski definition) is 2. The zero-order valence-corrected chi connectivity index (χ0v) is 16.2. The molecule has 0 bridgehead atoms. The topological polar surface area (TPSA) is 74.0 Å². The van der Waals surface area contributed by atoms with Crippen LogP contribution in [0.25, 0.3) is 11.0 Å². The normalized spacial score (nSPS) is 29.9. The molecule has 6 nitrogen and oxygen atoms in total. The maximum absolute atomic E-state index is 13.7. The highest BCUT2D eigenvalue weighted by Crippen LogP contribution is 2.58. The molecule has 1 aliphatic carbocycles. The summed E-state index contributed by atoms with van der Waals surface area (Å²) in [5, 5.41) is 3.59. The van der Waals surface area contributed by atoms with E-state index in [9.17, 15) is 8.60 Å². The minimum Gasteiger partial charge on any atom is -0.363 e. The summed E-state index contributed by atoms with van der Waals surface area (Å²) in [6.45, 7) is 3.74. The third kappa shape index (κ3) is 1.94. The second-order valence-corrected chi connectivity index (χ2v) is 9.96. The Kier molecular flexibility index (Phi) is 3.02. The summed E-state index contributed by atoms with van der Waals surface area (Å²) in [7, 11) is -3.45. The van der Waals surface area contributed by atoms with Crippen LogP contribution in [0.1, 0.15) is 12.2 Å². The standard InChI is InChI=1S/C20H20FN5OS/c1-12-24-19-16(25-11-13-9-20(13)18(25)10-23-20)6-3-7-17(19)26(12)28(22,27)15-5-2-4-14(21)8-15/h2-8,13,18,22-23H,9-11H2,1H3/t13?,18-,20?,28?/m1/s1. The van der Waals surface area contributed by atoms with Crippen LogP contribution < -0.4 is 10.2 Å². The van der Waals surface area contributed by atoms with Crippen LogP contribution in [0.15, 0.2) is 47.4 Å². The van der Waals surface area contributed by atoms with Gasteiger partial charge in [0.1, 0.15) is 17.2 Å². The van der Waals surface area contributed by atoms with Gasteiger partial charge in [0.05, 0.1) is 22.1 Å². The van der Waals surface area contributed by atoms with Crippen LogP contribution >= 0.6 is 0 Å². The minimum absolute atomic E-state index is 0.143. The predicted molar refractivity (Wildman–Crippen MR) is 105 cm³/mol. The van der Waals surface area contributed by atoms with Crippen molar-refractivity contribution in [3.05, 3.63) is 54.1 Å². The summed E-state index contributed by atoms with van der Waals surface area (Å²) >= 11 is 0. The summed E-state index contributed by atoms with van der Waals surface area (Å²) in [5.74, 6) is 0.689. The van der Waals surface area contributed by atoms with Crippen molar-refractivity contribution in [2.75, 3.05) is 18.0 Å². The average Bonchev–Trinajstić information content (AvgIpc) is 3.21. The molecule has 2 N–H and O–H groups in total. The minimum atomic E-state index is -3.45. The number of benzene rings is 2. The number of nitrogens with zero attached hydrogens (tertiary/aromatic N) is 3. The number of rotatable bonds is 3. The molecule has 1 spiro atoms. The molecule has 8 heteroatoms.